The lowest BCUT2D eigenvalue weighted by molar-refractivity contribution is 0.209. The number of likely N-dealkylation sites (tertiary alicyclic amines) is 1. The fourth-order valence-corrected chi connectivity index (χ4v) is 4.55. The summed E-state index contributed by atoms with van der Waals surface area (Å²) in [5.41, 5.74) is 4.29. The predicted octanol–water partition coefficient (Wildman–Crippen LogP) is 4.17. The number of halogens is 1. The largest absolute Gasteiger partial charge is 0.469 e. The van der Waals surface area contributed by atoms with Crippen LogP contribution >= 0.6 is 0 Å². The minimum atomic E-state index is -0.489. The monoisotopic (exact) mass is 470 g/mol. The summed E-state index contributed by atoms with van der Waals surface area (Å²) in [6.45, 7) is 5.29. The van der Waals surface area contributed by atoms with Crippen LogP contribution in [0.15, 0.2) is 42.9 Å². The Morgan fingerprint density at radius 3 is 2.60 bits per heavy atom. The first kappa shape index (κ1) is 22.4. The molecule has 5 heterocycles. The van der Waals surface area contributed by atoms with Crippen LogP contribution in [0.5, 0.6) is 5.88 Å². The van der Waals surface area contributed by atoms with Crippen LogP contribution in [0, 0.1) is 35.5 Å². The summed E-state index contributed by atoms with van der Waals surface area (Å²) < 4.78 is 23.2. The van der Waals surface area contributed by atoms with Gasteiger partial charge in [0.1, 0.15) is 29.3 Å². The predicted molar refractivity (Wildman–Crippen MR) is 125 cm³/mol. The zero-order valence-corrected chi connectivity index (χ0v) is 19.4. The summed E-state index contributed by atoms with van der Waals surface area (Å²) in [4.78, 5) is 10.3. The van der Waals surface area contributed by atoms with E-state index in [4.69, 9.17) is 10.00 Å². The second-order valence-corrected chi connectivity index (χ2v) is 8.60. The van der Waals surface area contributed by atoms with Gasteiger partial charge in [-0.2, -0.15) is 15.6 Å². The third-order valence-electron chi connectivity index (χ3n) is 6.46. The average Bonchev–Trinajstić information content (AvgIpc) is 3.47. The molecule has 4 aromatic heterocycles. The molecule has 0 aromatic carbocycles. The first-order valence-electron chi connectivity index (χ1n) is 11.4. The molecule has 1 atom stereocenters. The number of pyridine rings is 2. The molecule has 5 rings (SSSR count). The molecule has 10 heteroatoms. The first-order valence-corrected chi connectivity index (χ1v) is 11.4. The van der Waals surface area contributed by atoms with Gasteiger partial charge in [0.15, 0.2) is 6.19 Å². The third kappa shape index (κ3) is 4.15. The van der Waals surface area contributed by atoms with E-state index in [1.54, 1.807) is 15.4 Å². The van der Waals surface area contributed by atoms with E-state index in [9.17, 15) is 9.65 Å². The number of nitriles is 2. The maximum Gasteiger partial charge on any atom is 0.201 e. The van der Waals surface area contributed by atoms with E-state index in [0.717, 1.165) is 48.9 Å². The van der Waals surface area contributed by atoms with Crippen LogP contribution in [0.2, 0.25) is 0 Å². The maximum atomic E-state index is 13.3. The summed E-state index contributed by atoms with van der Waals surface area (Å²) in [5, 5.41) is 23.4. The van der Waals surface area contributed by atoms with Crippen LogP contribution in [0.1, 0.15) is 49.0 Å². The van der Waals surface area contributed by atoms with E-state index in [-0.39, 0.29) is 6.04 Å². The smallest absolute Gasteiger partial charge is 0.201 e. The van der Waals surface area contributed by atoms with Crippen molar-refractivity contribution >= 4 is 5.65 Å². The van der Waals surface area contributed by atoms with Gasteiger partial charge in [-0.3, -0.25) is 14.1 Å². The fourth-order valence-electron chi connectivity index (χ4n) is 4.55. The van der Waals surface area contributed by atoms with E-state index in [0.29, 0.717) is 22.9 Å². The molecule has 0 spiro atoms. The summed E-state index contributed by atoms with van der Waals surface area (Å²) in [6, 6.07) is 9.06. The van der Waals surface area contributed by atoms with E-state index < -0.39 is 11.9 Å². The third-order valence-corrected chi connectivity index (χ3v) is 6.46. The van der Waals surface area contributed by atoms with Crippen molar-refractivity contribution in [3.8, 4) is 29.3 Å². The van der Waals surface area contributed by atoms with Gasteiger partial charge in [0.2, 0.25) is 5.88 Å². The van der Waals surface area contributed by atoms with Crippen molar-refractivity contribution in [2.45, 2.75) is 38.8 Å². The maximum absolute atomic E-state index is 13.3. The number of aromatic nitrogens is 5. The van der Waals surface area contributed by atoms with Gasteiger partial charge >= 0.3 is 0 Å². The van der Waals surface area contributed by atoms with Crippen molar-refractivity contribution in [3.05, 3.63) is 65.8 Å². The summed E-state index contributed by atoms with van der Waals surface area (Å²) in [7, 11) is 0. The summed E-state index contributed by atoms with van der Waals surface area (Å²) >= 11 is 0. The van der Waals surface area contributed by atoms with Crippen LogP contribution in [0.3, 0.4) is 0 Å². The minimum Gasteiger partial charge on any atom is -0.469 e. The molecular weight excluding hydrogens is 447 g/mol. The fraction of sp³-hybridized carbons (Fsp3) is 0.320. The van der Waals surface area contributed by atoms with E-state index in [1.807, 2.05) is 36.9 Å². The normalized spacial score (nSPS) is 15.1. The molecular formula is C25H23FN8O. The van der Waals surface area contributed by atoms with Crippen molar-refractivity contribution in [1.82, 2.24) is 29.0 Å². The number of hydrogen-bond acceptors (Lipinski definition) is 7. The standard InChI is InChI=1S/C25H23FN8O/c1-16-22(14-31-34(16)20-5-7-32(15-28)8-6-20)18-9-24-30-13-21(11-27)33(24)25(10-18)35-17(2)23-4-3-19(26)12-29-23/h3-4,9-10,12-14,17,20H,5-8H2,1-2H3/t17-/m1/s1. The van der Waals surface area contributed by atoms with Crippen molar-refractivity contribution in [2.24, 2.45) is 0 Å². The molecule has 1 saturated heterocycles. The molecule has 0 amide bonds. The summed E-state index contributed by atoms with van der Waals surface area (Å²) in [6.07, 6.45) is 7.93. The second kappa shape index (κ2) is 9.07. The van der Waals surface area contributed by atoms with Crippen molar-refractivity contribution in [1.29, 1.82) is 10.5 Å². The van der Waals surface area contributed by atoms with Gasteiger partial charge in [0, 0.05) is 30.4 Å². The number of ether oxygens (including phenoxy) is 1. The Labute approximate surface area is 201 Å². The SMILES string of the molecule is Cc1c(-c2cc(O[C@H](C)c3ccc(F)cn3)n3c(C#N)cnc3c2)cnn1C1CCN(C#N)CC1. The number of fused-ring (bicyclic) bond motifs is 1. The van der Waals surface area contributed by atoms with Gasteiger partial charge in [-0.15, -0.1) is 0 Å². The van der Waals surface area contributed by atoms with Crippen LogP contribution in [-0.4, -0.2) is 42.1 Å². The van der Waals surface area contributed by atoms with Crippen LogP contribution in [-0.2, 0) is 0 Å². The average molecular weight is 471 g/mol. The molecule has 1 fully saturated rings. The van der Waals surface area contributed by atoms with Crippen LogP contribution in [0.4, 0.5) is 4.39 Å². The topological polar surface area (TPSA) is 108 Å². The number of nitrogens with zero attached hydrogens (tertiary/aromatic N) is 8. The first-order chi connectivity index (χ1) is 17.0. The molecule has 0 unspecified atom stereocenters. The number of hydrogen-bond donors (Lipinski definition) is 0. The summed E-state index contributed by atoms with van der Waals surface area (Å²) in [5.74, 6) is 0.0113. The van der Waals surface area contributed by atoms with Gasteiger partial charge in [-0.1, -0.05) is 0 Å². The van der Waals surface area contributed by atoms with Crippen molar-refractivity contribution in [3.63, 3.8) is 0 Å². The number of piperidine rings is 1. The van der Waals surface area contributed by atoms with Crippen LogP contribution in [0.25, 0.3) is 16.8 Å². The highest BCUT2D eigenvalue weighted by Gasteiger charge is 2.24. The highest BCUT2D eigenvalue weighted by atomic mass is 19.1. The molecule has 0 radical (unpaired) electrons. The minimum absolute atomic E-state index is 0.231. The Morgan fingerprint density at radius 2 is 1.91 bits per heavy atom. The molecule has 4 aromatic rings. The highest BCUT2D eigenvalue weighted by molar-refractivity contribution is 5.71. The lowest BCUT2D eigenvalue weighted by atomic mass is 10.0. The highest BCUT2D eigenvalue weighted by Crippen LogP contribution is 2.33. The molecule has 1 aliphatic heterocycles. The quantitative estimate of drug-likeness (QED) is 0.403. The lowest BCUT2D eigenvalue weighted by Crippen LogP contribution is -2.31. The van der Waals surface area contributed by atoms with Crippen molar-refractivity contribution < 1.29 is 9.13 Å². The molecule has 0 aliphatic carbocycles. The Kier molecular flexibility index (Phi) is 5.79. The van der Waals surface area contributed by atoms with E-state index in [2.05, 4.69) is 27.3 Å². The van der Waals surface area contributed by atoms with Gasteiger partial charge in [0.05, 0.1) is 30.3 Å². The molecule has 9 nitrogen and oxygen atoms in total. The molecule has 0 bridgehead atoms. The van der Waals surface area contributed by atoms with E-state index >= 15 is 0 Å². The number of imidazole rings is 1. The molecule has 0 saturated carbocycles. The Bertz CT molecular complexity index is 1450. The zero-order valence-electron chi connectivity index (χ0n) is 19.4. The second-order valence-electron chi connectivity index (χ2n) is 8.60. The Balaban J connectivity index is 1.51. The molecule has 176 valence electrons. The van der Waals surface area contributed by atoms with Gasteiger partial charge in [-0.25, -0.2) is 9.37 Å². The molecule has 1 aliphatic rings. The Hall–Kier alpha value is -4.44. The van der Waals surface area contributed by atoms with E-state index in [1.165, 1.54) is 12.3 Å². The van der Waals surface area contributed by atoms with Crippen molar-refractivity contribution in [2.75, 3.05) is 13.1 Å². The van der Waals surface area contributed by atoms with Crippen LogP contribution < -0.4 is 4.74 Å². The molecule has 35 heavy (non-hydrogen) atoms. The van der Waals surface area contributed by atoms with Gasteiger partial charge < -0.3 is 9.64 Å². The number of rotatable bonds is 5. The Morgan fingerprint density at radius 1 is 1.11 bits per heavy atom. The lowest BCUT2D eigenvalue weighted by Gasteiger charge is -2.29. The van der Waals surface area contributed by atoms with Gasteiger partial charge in [0.25, 0.3) is 0 Å². The zero-order chi connectivity index (χ0) is 24.5. The molecule has 0 N–H and O–H groups in total. The van der Waals surface area contributed by atoms with Gasteiger partial charge in [-0.05, 0) is 50.5 Å².